The van der Waals surface area contributed by atoms with Crippen molar-refractivity contribution in [3.8, 4) is 0 Å². The van der Waals surface area contributed by atoms with Gasteiger partial charge in [-0.1, -0.05) is 109 Å². The SMILES string of the molecule is c1ccc([P+](NCCN[P+](c2ccccc2)(c2ccccc2)c2ccccc2)(c2ccccc2)c2ccccc2)cc1. The zero-order chi connectivity index (χ0) is 28.5. The summed E-state index contributed by atoms with van der Waals surface area (Å²) in [5, 5.41) is 16.3. The molecule has 0 bridgehead atoms. The molecule has 0 aromatic heterocycles. The maximum absolute atomic E-state index is 4.18. The van der Waals surface area contributed by atoms with Crippen LogP contribution in [0.5, 0.6) is 0 Å². The fraction of sp³-hybridized carbons (Fsp3) is 0.0526. The van der Waals surface area contributed by atoms with Gasteiger partial charge in [-0.2, -0.15) is 10.2 Å². The maximum Gasteiger partial charge on any atom is 0.178 e. The second-order valence-corrected chi connectivity index (χ2v) is 16.6. The van der Waals surface area contributed by atoms with Crippen molar-refractivity contribution >= 4 is 46.7 Å². The molecule has 0 aliphatic heterocycles. The van der Waals surface area contributed by atoms with Crippen LogP contribution in [0.3, 0.4) is 0 Å². The monoisotopic (exact) mass is 582 g/mol. The molecular formula is C38H36N2P2+2. The van der Waals surface area contributed by atoms with Gasteiger partial charge in [-0.25, -0.2) is 0 Å². The van der Waals surface area contributed by atoms with E-state index >= 15 is 0 Å². The lowest BCUT2D eigenvalue weighted by atomic mass is 10.4. The molecule has 0 spiro atoms. The van der Waals surface area contributed by atoms with Gasteiger partial charge in [0.1, 0.15) is 31.8 Å². The Morgan fingerprint density at radius 1 is 0.262 bits per heavy atom. The molecule has 0 radical (unpaired) electrons. The van der Waals surface area contributed by atoms with E-state index in [0.29, 0.717) is 0 Å². The zero-order valence-electron chi connectivity index (χ0n) is 23.6. The largest absolute Gasteiger partial charge is 0.178 e. The molecule has 0 aliphatic carbocycles. The van der Waals surface area contributed by atoms with Gasteiger partial charge in [0.2, 0.25) is 0 Å². The topological polar surface area (TPSA) is 24.1 Å². The van der Waals surface area contributed by atoms with E-state index in [9.17, 15) is 0 Å². The first-order valence-corrected chi connectivity index (χ1v) is 18.0. The molecule has 6 aromatic carbocycles. The summed E-state index contributed by atoms with van der Waals surface area (Å²) in [7, 11) is -4.26. The number of hydrogen-bond acceptors (Lipinski definition) is 2. The third kappa shape index (κ3) is 5.60. The van der Waals surface area contributed by atoms with E-state index in [2.05, 4.69) is 192 Å². The van der Waals surface area contributed by atoms with Crippen LogP contribution in [0.1, 0.15) is 0 Å². The van der Waals surface area contributed by atoms with Crippen molar-refractivity contribution in [2.24, 2.45) is 0 Å². The maximum atomic E-state index is 4.18. The van der Waals surface area contributed by atoms with Crippen LogP contribution in [0.25, 0.3) is 0 Å². The lowest BCUT2D eigenvalue weighted by molar-refractivity contribution is 0.856. The van der Waals surface area contributed by atoms with Crippen LogP contribution in [0.4, 0.5) is 0 Å². The minimum absolute atomic E-state index is 0.806. The van der Waals surface area contributed by atoms with Gasteiger partial charge in [-0.05, 0) is 72.8 Å². The highest BCUT2D eigenvalue weighted by atomic mass is 31.2. The predicted octanol–water partition coefficient (Wildman–Crippen LogP) is 5.98. The van der Waals surface area contributed by atoms with Crippen LogP contribution < -0.4 is 42.0 Å². The summed E-state index contributed by atoms with van der Waals surface area (Å²) in [5.41, 5.74) is 0. The van der Waals surface area contributed by atoms with Gasteiger partial charge in [-0.15, -0.1) is 0 Å². The molecule has 0 heterocycles. The van der Waals surface area contributed by atoms with Crippen molar-refractivity contribution in [3.63, 3.8) is 0 Å². The molecule has 6 rings (SSSR count). The van der Waals surface area contributed by atoms with Gasteiger partial charge in [0.05, 0.1) is 0 Å². The molecule has 42 heavy (non-hydrogen) atoms. The van der Waals surface area contributed by atoms with Gasteiger partial charge < -0.3 is 0 Å². The van der Waals surface area contributed by atoms with Crippen molar-refractivity contribution in [1.29, 1.82) is 0 Å². The van der Waals surface area contributed by atoms with Gasteiger partial charge in [0.15, 0.2) is 14.8 Å². The fourth-order valence-electron chi connectivity index (χ4n) is 5.80. The average molecular weight is 583 g/mol. The van der Waals surface area contributed by atoms with Crippen LogP contribution in [0.2, 0.25) is 0 Å². The lowest BCUT2D eigenvalue weighted by Gasteiger charge is -2.30. The molecule has 4 heteroatoms. The van der Waals surface area contributed by atoms with Gasteiger partial charge in [-0.3, -0.25) is 0 Å². The Bertz CT molecular complexity index is 1330. The van der Waals surface area contributed by atoms with Crippen molar-refractivity contribution in [1.82, 2.24) is 10.2 Å². The summed E-state index contributed by atoms with van der Waals surface area (Å²) >= 11 is 0. The fourth-order valence-corrected chi connectivity index (χ4v) is 13.3. The predicted molar refractivity (Wildman–Crippen MR) is 186 cm³/mol. The normalized spacial score (nSPS) is 11.7. The van der Waals surface area contributed by atoms with E-state index in [1.165, 1.54) is 31.8 Å². The minimum atomic E-state index is -2.13. The van der Waals surface area contributed by atoms with E-state index in [-0.39, 0.29) is 0 Å². The Labute approximate surface area is 251 Å². The molecule has 0 atom stereocenters. The molecule has 2 nitrogen and oxygen atoms in total. The molecule has 0 unspecified atom stereocenters. The van der Waals surface area contributed by atoms with Gasteiger partial charge in [0.25, 0.3) is 0 Å². The van der Waals surface area contributed by atoms with E-state index in [1.807, 2.05) is 0 Å². The van der Waals surface area contributed by atoms with Gasteiger partial charge >= 0.3 is 0 Å². The molecule has 0 amide bonds. The first-order valence-electron chi connectivity index (χ1n) is 14.5. The minimum Gasteiger partial charge on any atom is -0.177 e. The Hall–Kier alpha value is -3.90. The van der Waals surface area contributed by atoms with E-state index in [4.69, 9.17) is 0 Å². The van der Waals surface area contributed by atoms with Crippen LogP contribution in [-0.2, 0) is 0 Å². The molecule has 0 saturated carbocycles. The van der Waals surface area contributed by atoms with Crippen LogP contribution in [-0.4, -0.2) is 13.1 Å². The van der Waals surface area contributed by atoms with Crippen molar-refractivity contribution < 1.29 is 0 Å². The third-order valence-corrected chi connectivity index (χ3v) is 15.5. The number of benzene rings is 6. The zero-order valence-corrected chi connectivity index (χ0v) is 25.4. The standard InChI is InChI=1S/C38H36N2P2/c1-7-19-33(20-8-1)41(34-21-9-2-10-22-34,35-23-11-3-12-24-35)39-31-32-40-42(36-25-13-4-14-26-36,37-27-15-5-16-28-37)38-29-17-6-18-30-38/h1-30,39-40H,31-32H2/q+2. The number of hydrogen-bond donors (Lipinski definition) is 2. The summed E-state index contributed by atoms with van der Waals surface area (Å²) < 4.78 is 0. The molecule has 6 aromatic rings. The Morgan fingerprint density at radius 2 is 0.429 bits per heavy atom. The molecule has 0 aliphatic rings. The smallest absolute Gasteiger partial charge is 0.177 e. The summed E-state index contributed by atoms with van der Waals surface area (Å²) in [6.07, 6.45) is 0. The highest BCUT2D eigenvalue weighted by Gasteiger charge is 2.47. The Morgan fingerprint density at radius 3 is 0.595 bits per heavy atom. The molecule has 0 fully saturated rings. The number of nitrogens with one attached hydrogen (secondary N) is 2. The van der Waals surface area contributed by atoms with Crippen LogP contribution in [0.15, 0.2) is 182 Å². The summed E-state index contributed by atoms with van der Waals surface area (Å²) in [6, 6.07) is 65.9. The third-order valence-electron chi connectivity index (χ3n) is 7.68. The van der Waals surface area contributed by atoms with Crippen molar-refractivity contribution in [2.45, 2.75) is 0 Å². The average Bonchev–Trinajstić information content (AvgIpc) is 3.09. The Balaban J connectivity index is 1.41. The van der Waals surface area contributed by atoms with Crippen molar-refractivity contribution in [2.75, 3.05) is 13.1 Å². The summed E-state index contributed by atoms with van der Waals surface area (Å²) in [6.45, 7) is 1.61. The second-order valence-electron chi connectivity index (χ2n) is 10.2. The first-order chi connectivity index (χ1) is 20.8. The van der Waals surface area contributed by atoms with E-state index in [1.54, 1.807) is 0 Å². The summed E-state index contributed by atoms with van der Waals surface area (Å²) in [4.78, 5) is 0. The lowest BCUT2D eigenvalue weighted by Crippen LogP contribution is -2.45. The Kier molecular flexibility index (Phi) is 9.00. The van der Waals surface area contributed by atoms with Gasteiger partial charge in [0, 0.05) is 13.1 Å². The van der Waals surface area contributed by atoms with Crippen LogP contribution in [0, 0.1) is 0 Å². The molecule has 2 N–H and O–H groups in total. The highest BCUT2D eigenvalue weighted by Crippen LogP contribution is 2.52. The highest BCUT2D eigenvalue weighted by molar-refractivity contribution is 7.94. The first kappa shape index (κ1) is 28.2. The van der Waals surface area contributed by atoms with E-state index < -0.39 is 14.8 Å². The molecule has 206 valence electrons. The molecule has 0 saturated heterocycles. The van der Waals surface area contributed by atoms with Crippen LogP contribution >= 0.6 is 14.8 Å². The number of rotatable bonds is 11. The van der Waals surface area contributed by atoms with E-state index in [0.717, 1.165) is 13.1 Å². The van der Waals surface area contributed by atoms with Crippen molar-refractivity contribution in [3.05, 3.63) is 182 Å². The summed E-state index contributed by atoms with van der Waals surface area (Å²) in [5.74, 6) is 0. The molecular weight excluding hydrogens is 546 g/mol. The quantitative estimate of drug-likeness (QED) is 0.145. The second kappa shape index (κ2) is 13.4.